The third-order valence-electron chi connectivity index (χ3n) is 4.35. The summed E-state index contributed by atoms with van der Waals surface area (Å²) in [5.41, 5.74) is 2.72. The van der Waals surface area contributed by atoms with E-state index in [9.17, 15) is 0 Å². The number of unbranched alkanes of at least 4 members (excludes halogenated alkanes) is 1. The maximum Gasteiger partial charge on any atom is 0.0364 e. The molecule has 0 amide bonds. The normalized spacial score (nSPS) is 14.0. The first-order valence-electron chi connectivity index (χ1n) is 8.62. The Morgan fingerprint density at radius 1 is 1.14 bits per heavy atom. The van der Waals surface area contributed by atoms with Crippen molar-refractivity contribution in [2.45, 2.75) is 58.9 Å². The minimum atomic E-state index is 0.483. The lowest BCUT2D eigenvalue weighted by molar-refractivity contribution is 0.357. The maximum atomic E-state index is 3.69. The molecule has 0 heterocycles. The predicted octanol–water partition coefficient (Wildman–Crippen LogP) is 5.01. The van der Waals surface area contributed by atoms with Gasteiger partial charge in [-0.05, 0) is 36.6 Å². The quantitative estimate of drug-likeness (QED) is 0.651. The molecular formula is C19H34N2. The zero-order valence-corrected chi connectivity index (χ0v) is 14.7. The van der Waals surface area contributed by atoms with Gasteiger partial charge in [0.25, 0.3) is 0 Å². The average Bonchev–Trinajstić information content (AvgIpc) is 2.50. The molecule has 0 aliphatic heterocycles. The molecule has 120 valence electrons. The van der Waals surface area contributed by atoms with Crippen LogP contribution in [0.2, 0.25) is 0 Å². The summed E-state index contributed by atoms with van der Waals surface area (Å²) < 4.78 is 0. The lowest BCUT2D eigenvalue weighted by Gasteiger charge is -2.25. The molecule has 0 radical (unpaired) electrons. The third-order valence-corrected chi connectivity index (χ3v) is 4.35. The van der Waals surface area contributed by atoms with E-state index in [4.69, 9.17) is 0 Å². The van der Waals surface area contributed by atoms with Crippen molar-refractivity contribution >= 4 is 5.69 Å². The lowest BCUT2D eigenvalue weighted by atomic mass is 9.89. The van der Waals surface area contributed by atoms with Gasteiger partial charge in [0.15, 0.2) is 0 Å². The van der Waals surface area contributed by atoms with Crippen molar-refractivity contribution in [3.63, 3.8) is 0 Å². The highest BCUT2D eigenvalue weighted by Crippen LogP contribution is 2.28. The first-order valence-corrected chi connectivity index (χ1v) is 8.62. The van der Waals surface area contributed by atoms with Crippen molar-refractivity contribution in [3.8, 4) is 0 Å². The van der Waals surface area contributed by atoms with Crippen molar-refractivity contribution in [1.29, 1.82) is 0 Å². The Kier molecular flexibility index (Phi) is 8.44. The molecule has 0 saturated heterocycles. The summed E-state index contributed by atoms with van der Waals surface area (Å²) in [6, 6.07) is 9.45. The standard InChI is InChI=1S/C19H34N2/c1-6-9-11-16(7-2)14-19(20-8-3)17-12-10-13-18(15-17)21(4)5/h10,12-13,15-16,19-20H,6-9,11,14H2,1-5H3. The van der Waals surface area contributed by atoms with Crippen LogP contribution in [0.5, 0.6) is 0 Å². The van der Waals surface area contributed by atoms with Crippen LogP contribution in [0.15, 0.2) is 24.3 Å². The Labute approximate surface area is 131 Å². The minimum Gasteiger partial charge on any atom is -0.378 e. The molecule has 2 unspecified atom stereocenters. The van der Waals surface area contributed by atoms with E-state index in [1.165, 1.54) is 43.4 Å². The van der Waals surface area contributed by atoms with E-state index >= 15 is 0 Å². The summed E-state index contributed by atoms with van der Waals surface area (Å²) in [4.78, 5) is 2.18. The van der Waals surface area contributed by atoms with Gasteiger partial charge in [0.1, 0.15) is 0 Å². The fourth-order valence-corrected chi connectivity index (χ4v) is 2.92. The SMILES string of the molecule is CCCCC(CC)CC(NCC)c1cccc(N(C)C)c1. The number of hydrogen-bond acceptors (Lipinski definition) is 2. The van der Waals surface area contributed by atoms with Crippen molar-refractivity contribution in [2.24, 2.45) is 5.92 Å². The van der Waals surface area contributed by atoms with Gasteiger partial charge in [0, 0.05) is 25.8 Å². The molecule has 1 rings (SSSR count). The minimum absolute atomic E-state index is 0.483. The average molecular weight is 290 g/mol. The van der Waals surface area contributed by atoms with Gasteiger partial charge in [-0.25, -0.2) is 0 Å². The molecule has 0 aromatic heterocycles. The number of anilines is 1. The second-order valence-electron chi connectivity index (χ2n) is 6.25. The molecule has 21 heavy (non-hydrogen) atoms. The van der Waals surface area contributed by atoms with Crippen molar-refractivity contribution in [3.05, 3.63) is 29.8 Å². The lowest BCUT2D eigenvalue weighted by Crippen LogP contribution is -2.24. The van der Waals surface area contributed by atoms with Crippen LogP contribution >= 0.6 is 0 Å². The van der Waals surface area contributed by atoms with Crippen molar-refractivity contribution < 1.29 is 0 Å². The van der Waals surface area contributed by atoms with Gasteiger partial charge in [-0.15, -0.1) is 0 Å². The molecule has 0 aliphatic carbocycles. The molecule has 0 fully saturated rings. The van der Waals surface area contributed by atoms with Gasteiger partial charge in [-0.1, -0.05) is 58.6 Å². The molecule has 2 atom stereocenters. The molecule has 0 spiro atoms. The topological polar surface area (TPSA) is 15.3 Å². The summed E-state index contributed by atoms with van der Waals surface area (Å²) in [6.07, 6.45) is 6.56. The van der Waals surface area contributed by atoms with Gasteiger partial charge in [-0.2, -0.15) is 0 Å². The van der Waals surface area contributed by atoms with E-state index in [-0.39, 0.29) is 0 Å². The van der Waals surface area contributed by atoms with Crippen LogP contribution in [0.4, 0.5) is 5.69 Å². The maximum absolute atomic E-state index is 3.69. The Morgan fingerprint density at radius 2 is 1.90 bits per heavy atom. The second-order valence-corrected chi connectivity index (χ2v) is 6.25. The molecule has 0 saturated carbocycles. The van der Waals surface area contributed by atoms with Crippen LogP contribution in [0.1, 0.15) is 64.5 Å². The Hall–Kier alpha value is -1.02. The van der Waals surface area contributed by atoms with Crippen LogP contribution in [-0.4, -0.2) is 20.6 Å². The molecule has 2 nitrogen and oxygen atoms in total. The number of nitrogens with zero attached hydrogens (tertiary/aromatic N) is 1. The third kappa shape index (κ3) is 6.09. The van der Waals surface area contributed by atoms with Crippen LogP contribution in [-0.2, 0) is 0 Å². The van der Waals surface area contributed by atoms with Gasteiger partial charge in [0.2, 0.25) is 0 Å². The number of benzene rings is 1. The van der Waals surface area contributed by atoms with Gasteiger partial charge in [0.05, 0.1) is 0 Å². The summed E-state index contributed by atoms with van der Waals surface area (Å²) in [7, 11) is 4.22. The highest BCUT2D eigenvalue weighted by Gasteiger charge is 2.16. The molecule has 2 heteroatoms. The number of hydrogen-bond donors (Lipinski definition) is 1. The van der Waals surface area contributed by atoms with Gasteiger partial charge in [-0.3, -0.25) is 0 Å². The number of rotatable bonds is 10. The van der Waals surface area contributed by atoms with E-state index in [0.717, 1.165) is 12.5 Å². The summed E-state index contributed by atoms with van der Waals surface area (Å²) in [5.74, 6) is 0.831. The van der Waals surface area contributed by atoms with Gasteiger partial charge >= 0.3 is 0 Å². The first kappa shape index (κ1) is 18.0. The fourth-order valence-electron chi connectivity index (χ4n) is 2.92. The van der Waals surface area contributed by atoms with Crippen LogP contribution in [0.3, 0.4) is 0 Å². The zero-order chi connectivity index (χ0) is 15.7. The molecular weight excluding hydrogens is 256 g/mol. The highest BCUT2D eigenvalue weighted by atomic mass is 15.1. The molecule has 1 aromatic carbocycles. The smallest absolute Gasteiger partial charge is 0.0364 e. The number of nitrogens with one attached hydrogen (secondary N) is 1. The predicted molar refractivity (Wildman–Crippen MR) is 95.1 cm³/mol. The Bertz CT molecular complexity index is 387. The fraction of sp³-hybridized carbons (Fsp3) is 0.684. The molecule has 1 aromatic rings. The van der Waals surface area contributed by atoms with Crippen LogP contribution < -0.4 is 10.2 Å². The molecule has 0 bridgehead atoms. The molecule has 1 N–H and O–H groups in total. The van der Waals surface area contributed by atoms with Gasteiger partial charge < -0.3 is 10.2 Å². The Balaban J connectivity index is 2.82. The first-order chi connectivity index (χ1) is 10.1. The van der Waals surface area contributed by atoms with E-state index < -0.39 is 0 Å². The summed E-state index contributed by atoms with van der Waals surface area (Å²) in [6.45, 7) is 7.85. The Morgan fingerprint density at radius 3 is 2.48 bits per heavy atom. The van der Waals surface area contributed by atoms with Crippen molar-refractivity contribution in [1.82, 2.24) is 5.32 Å². The largest absolute Gasteiger partial charge is 0.378 e. The van der Waals surface area contributed by atoms with E-state index in [1.807, 2.05) is 0 Å². The second kappa shape index (κ2) is 9.83. The summed E-state index contributed by atoms with van der Waals surface area (Å²) >= 11 is 0. The van der Waals surface area contributed by atoms with E-state index in [2.05, 4.69) is 69.3 Å². The molecule has 0 aliphatic rings. The summed E-state index contributed by atoms with van der Waals surface area (Å²) in [5, 5.41) is 3.69. The van der Waals surface area contributed by atoms with E-state index in [0.29, 0.717) is 6.04 Å². The highest BCUT2D eigenvalue weighted by molar-refractivity contribution is 5.47. The van der Waals surface area contributed by atoms with Crippen molar-refractivity contribution in [2.75, 3.05) is 25.5 Å². The van der Waals surface area contributed by atoms with Crippen LogP contribution in [0, 0.1) is 5.92 Å². The van der Waals surface area contributed by atoms with Crippen LogP contribution in [0.25, 0.3) is 0 Å². The van der Waals surface area contributed by atoms with E-state index in [1.54, 1.807) is 0 Å². The zero-order valence-electron chi connectivity index (χ0n) is 14.7. The monoisotopic (exact) mass is 290 g/mol.